The highest BCUT2D eigenvalue weighted by molar-refractivity contribution is 4.77. The molecule has 172 valence electrons. The summed E-state index contributed by atoms with van der Waals surface area (Å²) in [5, 5.41) is 0. The average Bonchev–Trinajstić information content (AvgIpc) is 3.38. The van der Waals surface area contributed by atoms with Crippen LogP contribution in [0.3, 0.4) is 0 Å². The summed E-state index contributed by atoms with van der Waals surface area (Å²) in [7, 11) is 4.71. The zero-order chi connectivity index (χ0) is 19.0. The van der Waals surface area contributed by atoms with E-state index in [2.05, 4.69) is 21.0 Å². The van der Waals surface area contributed by atoms with Crippen LogP contribution in [0, 0.1) is 0 Å². The fourth-order valence-corrected chi connectivity index (χ4v) is 5.59. The molecular weight excluding hydrogens is 598 g/mol. The van der Waals surface area contributed by atoms with Gasteiger partial charge in [-0.1, -0.05) is 0 Å². The summed E-state index contributed by atoms with van der Waals surface area (Å²) in [6.07, 6.45) is 7.41. The molecule has 4 rings (SSSR count). The van der Waals surface area contributed by atoms with Crippen LogP contribution < -0.4 is 48.0 Å². The second kappa shape index (κ2) is 10.9. The number of likely N-dealkylation sites (N-methyl/N-ethyl adjacent to an activating group) is 2. The van der Waals surface area contributed by atoms with Crippen molar-refractivity contribution in [3.63, 3.8) is 0 Å². The van der Waals surface area contributed by atoms with Crippen LogP contribution in [-0.4, -0.2) is 99.8 Å². The van der Waals surface area contributed by atoms with Gasteiger partial charge < -0.3 is 75.9 Å². The van der Waals surface area contributed by atoms with Crippen molar-refractivity contribution in [1.82, 2.24) is 0 Å². The largest absolute Gasteiger partial charge is 1.00 e. The Bertz CT molecular complexity index is 515. The minimum Gasteiger partial charge on any atom is -1.00 e. The summed E-state index contributed by atoms with van der Waals surface area (Å²) in [6.45, 7) is 10.8. The van der Waals surface area contributed by atoms with Gasteiger partial charge in [-0.15, -0.1) is 0 Å². The van der Waals surface area contributed by atoms with Gasteiger partial charge in [0.25, 0.3) is 0 Å². The molecule has 4 heterocycles. The van der Waals surface area contributed by atoms with E-state index in [9.17, 15) is 0 Å². The standard InChI is InChI=1S/C21H40N2O4.2HI/c1-21(25-17-19(27-21)15-23(3)12-6-7-13-23)9-8-20-24-16-18(26-20)14-22(2)10-4-5-11-22;;/h18-20H,4-17H2,1-3H3;2*1H/q+2;;/p-2. The molecule has 29 heavy (non-hydrogen) atoms. The summed E-state index contributed by atoms with van der Waals surface area (Å²) >= 11 is 0. The molecule has 0 N–H and O–H groups in total. The van der Waals surface area contributed by atoms with Crippen molar-refractivity contribution in [2.75, 3.05) is 66.6 Å². The van der Waals surface area contributed by atoms with Crippen LogP contribution >= 0.6 is 0 Å². The second-order valence-corrected chi connectivity index (χ2v) is 10.2. The van der Waals surface area contributed by atoms with Crippen LogP contribution in [0.5, 0.6) is 0 Å². The summed E-state index contributed by atoms with van der Waals surface area (Å²) in [4.78, 5) is 0. The molecule has 0 aliphatic carbocycles. The fourth-order valence-electron chi connectivity index (χ4n) is 5.59. The van der Waals surface area contributed by atoms with Crippen molar-refractivity contribution in [3.05, 3.63) is 0 Å². The molecule has 0 bridgehead atoms. The first-order valence-electron chi connectivity index (χ1n) is 11.1. The van der Waals surface area contributed by atoms with Gasteiger partial charge in [-0.25, -0.2) is 0 Å². The Labute approximate surface area is 211 Å². The number of hydrogen-bond donors (Lipinski definition) is 0. The molecule has 4 aliphatic heterocycles. The van der Waals surface area contributed by atoms with E-state index in [-0.39, 0.29) is 66.5 Å². The van der Waals surface area contributed by atoms with Crippen LogP contribution in [0.2, 0.25) is 0 Å². The normalized spacial score (nSPS) is 38.0. The van der Waals surface area contributed by atoms with Gasteiger partial charge in [-0.3, -0.25) is 0 Å². The summed E-state index contributed by atoms with van der Waals surface area (Å²) in [6, 6.07) is 0. The van der Waals surface area contributed by atoms with Gasteiger partial charge in [0.15, 0.2) is 12.1 Å². The van der Waals surface area contributed by atoms with Crippen LogP contribution in [0.4, 0.5) is 0 Å². The number of likely N-dealkylation sites (tertiary alicyclic amines) is 2. The number of quaternary nitrogens is 2. The monoisotopic (exact) mass is 638 g/mol. The topological polar surface area (TPSA) is 36.9 Å². The zero-order valence-electron chi connectivity index (χ0n) is 18.4. The predicted molar refractivity (Wildman–Crippen MR) is 103 cm³/mol. The van der Waals surface area contributed by atoms with Gasteiger partial charge in [0, 0.05) is 38.5 Å². The molecule has 0 aromatic rings. The molecule has 0 saturated carbocycles. The van der Waals surface area contributed by atoms with Crippen molar-refractivity contribution in [2.24, 2.45) is 0 Å². The smallest absolute Gasteiger partial charge is 0.166 e. The SMILES string of the molecule is CC1(CCC2OCC(C[N+]3(C)CCCC3)O2)OCC(C[N+]2(C)CCCC2)O1.[I-].[I-]. The lowest BCUT2D eigenvalue weighted by Gasteiger charge is -2.32. The maximum Gasteiger partial charge on any atom is 0.166 e. The number of hydrogen-bond acceptors (Lipinski definition) is 4. The second-order valence-electron chi connectivity index (χ2n) is 10.2. The lowest BCUT2D eigenvalue weighted by Crippen LogP contribution is -3.00. The molecule has 0 amide bonds. The molecule has 0 radical (unpaired) electrons. The third-order valence-electron chi connectivity index (χ3n) is 7.22. The number of nitrogens with zero attached hydrogens (tertiary/aromatic N) is 2. The summed E-state index contributed by atoms with van der Waals surface area (Å²) in [5.74, 6) is -0.484. The highest BCUT2D eigenvalue weighted by atomic mass is 127. The Kier molecular flexibility index (Phi) is 9.94. The Hall–Kier alpha value is 1.22. The Morgan fingerprint density at radius 1 is 0.828 bits per heavy atom. The number of halogens is 2. The van der Waals surface area contributed by atoms with Gasteiger partial charge in [0.05, 0.1) is 53.5 Å². The van der Waals surface area contributed by atoms with E-state index in [1.807, 2.05) is 0 Å². The molecule has 8 heteroatoms. The predicted octanol–water partition coefficient (Wildman–Crippen LogP) is -3.87. The van der Waals surface area contributed by atoms with Gasteiger partial charge in [0.2, 0.25) is 0 Å². The molecule has 6 nitrogen and oxygen atoms in total. The third-order valence-corrected chi connectivity index (χ3v) is 7.22. The van der Waals surface area contributed by atoms with Crippen LogP contribution in [0.15, 0.2) is 0 Å². The first-order chi connectivity index (χ1) is 12.9. The lowest BCUT2D eigenvalue weighted by atomic mass is 10.1. The van der Waals surface area contributed by atoms with Crippen LogP contribution in [0.25, 0.3) is 0 Å². The zero-order valence-corrected chi connectivity index (χ0v) is 22.7. The molecule has 4 unspecified atom stereocenters. The fraction of sp³-hybridized carbons (Fsp3) is 1.00. The molecule has 4 saturated heterocycles. The molecular formula is C21H40I2N2O4. The van der Waals surface area contributed by atoms with E-state index >= 15 is 0 Å². The molecule has 0 spiro atoms. The van der Waals surface area contributed by atoms with E-state index in [4.69, 9.17) is 18.9 Å². The van der Waals surface area contributed by atoms with E-state index < -0.39 is 5.79 Å². The van der Waals surface area contributed by atoms with Crippen molar-refractivity contribution in [3.8, 4) is 0 Å². The number of rotatable bonds is 7. The first-order valence-corrected chi connectivity index (χ1v) is 11.1. The van der Waals surface area contributed by atoms with E-state index in [1.54, 1.807) is 0 Å². The number of ether oxygens (including phenoxy) is 4. The molecule has 4 fully saturated rings. The Morgan fingerprint density at radius 3 is 1.97 bits per heavy atom. The molecule has 0 aromatic carbocycles. The minimum absolute atomic E-state index is 0. The van der Waals surface area contributed by atoms with Crippen LogP contribution in [0.1, 0.15) is 45.4 Å². The van der Waals surface area contributed by atoms with Crippen molar-refractivity contribution < 1.29 is 75.9 Å². The minimum atomic E-state index is -0.484. The van der Waals surface area contributed by atoms with Gasteiger partial charge in [0.1, 0.15) is 25.3 Å². The summed E-state index contributed by atoms with van der Waals surface area (Å²) < 4.78 is 26.8. The van der Waals surface area contributed by atoms with E-state index in [0.717, 1.165) is 48.1 Å². The third kappa shape index (κ3) is 7.10. The molecule has 4 aliphatic rings. The molecule has 4 atom stereocenters. The molecule has 0 aromatic heterocycles. The van der Waals surface area contributed by atoms with Gasteiger partial charge >= 0.3 is 0 Å². The maximum atomic E-state index is 6.33. The van der Waals surface area contributed by atoms with Crippen molar-refractivity contribution >= 4 is 0 Å². The van der Waals surface area contributed by atoms with Crippen molar-refractivity contribution in [2.45, 2.75) is 69.7 Å². The quantitative estimate of drug-likeness (QED) is 0.212. The Balaban J connectivity index is 0.00000150. The first kappa shape index (κ1) is 26.5. The van der Waals surface area contributed by atoms with Gasteiger partial charge in [-0.05, 0) is 6.92 Å². The van der Waals surface area contributed by atoms with Crippen LogP contribution in [-0.2, 0) is 18.9 Å². The van der Waals surface area contributed by atoms with E-state index in [1.165, 1.54) is 51.9 Å². The lowest BCUT2D eigenvalue weighted by molar-refractivity contribution is -0.900. The highest BCUT2D eigenvalue weighted by Gasteiger charge is 2.43. The summed E-state index contributed by atoms with van der Waals surface area (Å²) in [5.41, 5.74) is 0. The Morgan fingerprint density at radius 2 is 1.38 bits per heavy atom. The van der Waals surface area contributed by atoms with Gasteiger partial charge in [-0.2, -0.15) is 0 Å². The van der Waals surface area contributed by atoms with E-state index in [0.29, 0.717) is 0 Å². The average molecular weight is 638 g/mol. The maximum absolute atomic E-state index is 6.33. The highest BCUT2D eigenvalue weighted by Crippen LogP contribution is 2.32. The van der Waals surface area contributed by atoms with Crippen molar-refractivity contribution in [1.29, 1.82) is 0 Å².